The molecule has 0 saturated heterocycles. The number of rotatable bonds is 10. The smallest absolute Gasteiger partial charge is 0.265 e. The van der Waals surface area contributed by atoms with Gasteiger partial charge in [-0.2, -0.15) is 0 Å². The first-order valence-electron chi connectivity index (χ1n) is 16.0. The lowest BCUT2D eigenvalue weighted by atomic mass is 9.81. The number of methoxy groups -OCH3 is 4. The van der Waals surface area contributed by atoms with E-state index in [1.807, 2.05) is 13.8 Å². The number of halogens is 4. The average Bonchev–Trinajstić information content (AvgIpc) is 3.10. The van der Waals surface area contributed by atoms with Crippen LogP contribution in [0.25, 0.3) is 43.1 Å². The largest absolute Gasteiger partial charge is 0.495 e. The normalized spacial score (nSPS) is 14.4. The van der Waals surface area contributed by atoms with E-state index < -0.39 is 23.6 Å². The molecule has 0 radical (unpaired) electrons. The van der Waals surface area contributed by atoms with Crippen LogP contribution in [0.4, 0.5) is 0 Å². The van der Waals surface area contributed by atoms with Crippen molar-refractivity contribution in [3.63, 3.8) is 0 Å². The molecule has 5 aromatic rings. The molecular weight excluding hydrogens is 908 g/mol. The Labute approximate surface area is 320 Å². The monoisotopic (exact) mass is 934 g/mol. The Balaban J connectivity index is 1.84. The molecule has 260 valence electrons. The van der Waals surface area contributed by atoms with Crippen LogP contribution >= 0.6 is 63.7 Å². The fourth-order valence-corrected chi connectivity index (χ4v) is 10.6. The topological polar surface area (TPSA) is 112 Å². The maximum absolute atomic E-state index is 14.4. The van der Waals surface area contributed by atoms with E-state index in [-0.39, 0.29) is 58.3 Å². The van der Waals surface area contributed by atoms with Gasteiger partial charge in [-0.15, -0.1) is 0 Å². The number of amides is 4. The summed E-state index contributed by atoms with van der Waals surface area (Å²) < 4.78 is 25.7. The second-order valence-corrected chi connectivity index (χ2v) is 15.3. The van der Waals surface area contributed by atoms with Gasteiger partial charge in [-0.1, -0.05) is 26.7 Å². The van der Waals surface area contributed by atoms with Crippen molar-refractivity contribution in [3.8, 4) is 23.0 Å². The van der Waals surface area contributed by atoms with Gasteiger partial charge in [0, 0.05) is 56.2 Å². The molecule has 0 N–H and O–H groups in total. The SMILES string of the molecule is CCCCN1C(=O)c2c(OC)c(Br)c3c4c(Br)c(OC)c5c6c(c(OC)c(Br)c(c7c(Br)c(OC)c(c2c37)C1=O)c64)C(=O)N(CCCC)C5=O. The quantitative estimate of drug-likeness (QED) is 0.0774. The van der Waals surface area contributed by atoms with Crippen molar-refractivity contribution >= 4 is 130 Å². The van der Waals surface area contributed by atoms with E-state index in [4.69, 9.17) is 18.9 Å². The summed E-state index contributed by atoms with van der Waals surface area (Å²) in [5.74, 6) is -1.02. The highest BCUT2D eigenvalue weighted by Gasteiger charge is 2.45. The fraction of sp³-hybridized carbons (Fsp3) is 0.333. The van der Waals surface area contributed by atoms with Crippen LogP contribution in [0.1, 0.15) is 81.0 Å². The minimum atomic E-state index is -0.483. The minimum absolute atomic E-state index is 0.216. The first-order valence-corrected chi connectivity index (χ1v) is 19.1. The zero-order valence-electron chi connectivity index (χ0n) is 27.9. The van der Waals surface area contributed by atoms with E-state index in [2.05, 4.69) is 63.7 Å². The highest BCUT2D eigenvalue weighted by atomic mass is 79.9. The highest BCUT2D eigenvalue weighted by molar-refractivity contribution is 9.11. The van der Waals surface area contributed by atoms with Crippen molar-refractivity contribution in [2.45, 2.75) is 39.5 Å². The summed E-state index contributed by atoms with van der Waals surface area (Å²) in [5, 5.41) is 4.15. The van der Waals surface area contributed by atoms with Gasteiger partial charge >= 0.3 is 0 Å². The van der Waals surface area contributed by atoms with Gasteiger partial charge in [0.1, 0.15) is 23.0 Å². The van der Waals surface area contributed by atoms with Crippen LogP contribution in [0.5, 0.6) is 23.0 Å². The molecule has 10 nitrogen and oxygen atoms in total. The van der Waals surface area contributed by atoms with Crippen LogP contribution in [-0.2, 0) is 0 Å². The Morgan fingerprint density at radius 2 is 0.660 bits per heavy atom. The van der Waals surface area contributed by atoms with Crippen LogP contribution in [0.3, 0.4) is 0 Å². The van der Waals surface area contributed by atoms with Crippen LogP contribution in [0, 0.1) is 0 Å². The van der Waals surface area contributed by atoms with E-state index in [9.17, 15) is 19.2 Å². The van der Waals surface area contributed by atoms with E-state index >= 15 is 0 Å². The molecule has 0 unspecified atom stereocenters. The number of benzene rings is 5. The van der Waals surface area contributed by atoms with Crippen molar-refractivity contribution in [3.05, 3.63) is 40.1 Å². The van der Waals surface area contributed by atoms with E-state index in [0.717, 1.165) is 12.8 Å². The number of hydrogen-bond donors (Lipinski definition) is 0. The molecule has 14 heteroatoms. The number of ether oxygens (including phenoxy) is 4. The van der Waals surface area contributed by atoms with Gasteiger partial charge in [0.25, 0.3) is 23.6 Å². The van der Waals surface area contributed by atoms with E-state index in [0.29, 0.717) is 73.8 Å². The molecule has 7 rings (SSSR count). The van der Waals surface area contributed by atoms with Gasteiger partial charge in [0.05, 0.1) is 68.6 Å². The van der Waals surface area contributed by atoms with Gasteiger partial charge in [-0.05, 0) is 76.6 Å². The number of carbonyl (C=O) groups excluding carboxylic acids is 4. The summed E-state index contributed by atoms with van der Waals surface area (Å²) in [4.78, 5) is 59.9. The molecule has 0 bridgehead atoms. The zero-order chi connectivity index (χ0) is 36.1. The molecule has 2 aliphatic rings. The van der Waals surface area contributed by atoms with Crippen LogP contribution in [0.2, 0.25) is 0 Å². The molecule has 5 aromatic carbocycles. The van der Waals surface area contributed by atoms with Gasteiger partial charge < -0.3 is 18.9 Å². The Kier molecular flexibility index (Phi) is 9.00. The van der Waals surface area contributed by atoms with Crippen molar-refractivity contribution in [1.29, 1.82) is 0 Å². The molecule has 0 fully saturated rings. The minimum Gasteiger partial charge on any atom is -0.495 e. The average molecular weight is 938 g/mol. The number of carbonyl (C=O) groups is 4. The summed E-state index contributed by atoms with van der Waals surface area (Å²) in [6.45, 7) is 4.42. The molecule has 0 aliphatic carbocycles. The number of hydrogen-bond acceptors (Lipinski definition) is 8. The summed E-state index contributed by atoms with van der Waals surface area (Å²) in [5.41, 5.74) is 0.863. The first kappa shape index (κ1) is 35.2. The molecule has 0 saturated carbocycles. The van der Waals surface area contributed by atoms with Crippen molar-refractivity contribution in [2.24, 2.45) is 0 Å². The van der Waals surface area contributed by atoms with Crippen molar-refractivity contribution in [1.82, 2.24) is 9.80 Å². The van der Waals surface area contributed by atoms with Gasteiger partial charge in [-0.25, -0.2) is 0 Å². The third kappa shape index (κ3) is 4.34. The van der Waals surface area contributed by atoms with Crippen molar-refractivity contribution < 1.29 is 38.1 Å². The van der Waals surface area contributed by atoms with Crippen LogP contribution in [0.15, 0.2) is 17.9 Å². The molecule has 0 spiro atoms. The van der Waals surface area contributed by atoms with Gasteiger partial charge in [0.15, 0.2) is 0 Å². The number of imide groups is 2. The molecule has 50 heavy (non-hydrogen) atoms. The first-order chi connectivity index (χ1) is 24.0. The highest BCUT2D eigenvalue weighted by Crippen LogP contribution is 2.61. The molecule has 0 aromatic heterocycles. The Morgan fingerprint density at radius 3 is 0.860 bits per heavy atom. The van der Waals surface area contributed by atoms with E-state index in [1.165, 1.54) is 38.2 Å². The molecule has 2 aliphatic heterocycles. The Morgan fingerprint density at radius 1 is 0.420 bits per heavy atom. The van der Waals surface area contributed by atoms with Crippen molar-refractivity contribution in [2.75, 3.05) is 41.5 Å². The Bertz CT molecular complexity index is 2080. The van der Waals surface area contributed by atoms with Gasteiger partial charge in [0.2, 0.25) is 0 Å². The zero-order valence-corrected chi connectivity index (χ0v) is 34.3. The predicted molar refractivity (Wildman–Crippen MR) is 205 cm³/mol. The van der Waals surface area contributed by atoms with Crippen LogP contribution < -0.4 is 18.9 Å². The maximum atomic E-state index is 14.4. The van der Waals surface area contributed by atoms with Crippen LogP contribution in [-0.4, -0.2) is 75.0 Å². The Hall–Kier alpha value is -3.20. The lowest BCUT2D eigenvalue weighted by Crippen LogP contribution is -2.41. The lowest BCUT2D eigenvalue weighted by molar-refractivity contribution is 0.0588. The fourth-order valence-electron chi connectivity index (χ4n) is 7.57. The molecule has 2 heterocycles. The summed E-state index contributed by atoms with van der Waals surface area (Å²) in [6.07, 6.45) is 2.78. The maximum Gasteiger partial charge on any atom is 0.265 e. The lowest BCUT2D eigenvalue weighted by Gasteiger charge is -2.34. The molecule has 4 amide bonds. The number of unbranched alkanes of at least 4 members (excludes halogenated alkanes) is 2. The second-order valence-electron chi connectivity index (χ2n) is 12.1. The summed E-state index contributed by atoms with van der Waals surface area (Å²) in [7, 11) is 5.88. The number of nitrogens with zero attached hydrogens (tertiary/aromatic N) is 2. The molecular formula is C36H30Br4N2O8. The van der Waals surface area contributed by atoms with E-state index in [1.54, 1.807) is 0 Å². The molecule has 0 atom stereocenters. The second kappa shape index (κ2) is 12.8. The standard InChI is InChI=1S/C36H30Br4N2O8/c1-7-9-11-41-33(43)21-15-13-17(25(37)29(21)47-3)19-14-16-23(31(49-5)27(19)39)35(45)42(12-10-8-2)36(46)24(16)32(50-6)28(40)20(14)18(13)26(38)30(48-4)22(15)34(41)44/h7-12H2,1-6H3. The third-order valence-electron chi connectivity index (χ3n) is 9.71. The summed E-state index contributed by atoms with van der Waals surface area (Å²) >= 11 is 15.3. The predicted octanol–water partition coefficient (Wildman–Crippen LogP) is 9.61. The summed E-state index contributed by atoms with van der Waals surface area (Å²) in [6, 6.07) is 0. The van der Waals surface area contributed by atoms with Gasteiger partial charge in [-0.3, -0.25) is 29.0 Å². The third-order valence-corrected chi connectivity index (χ3v) is 12.7. The number of fused-ring (bicyclic) bond motifs is 2.